The molecule has 6 N–H and O–H groups in total. The fourth-order valence-corrected chi connectivity index (χ4v) is 13.3. The summed E-state index contributed by atoms with van der Waals surface area (Å²) in [4.78, 5) is 0. The van der Waals surface area contributed by atoms with Gasteiger partial charge in [0.05, 0.1) is 12.2 Å². The molecule has 0 bridgehead atoms. The van der Waals surface area contributed by atoms with Crippen molar-refractivity contribution in [2.75, 3.05) is 6.54 Å². The molecular weight excluding hydrogens is 498 g/mol. The second kappa shape index (κ2) is 10.5. The normalized spacial score (nSPS) is 50.0. The lowest BCUT2D eigenvalue weighted by Gasteiger charge is -2.73. The van der Waals surface area contributed by atoms with Crippen molar-refractivity contribution in [1.82, 2.24) is 0 Å². The van der Waals surface area contributed by atoms with E-state index in [-0.39, 0.29) is 12.5 Å². The van der Waals surface area contributed by atoms with Crippen LogP contribution in [0.5, 0.6) is 0 Å². The molecule has 0 aromatic heterocycles. The molecular formula is C35H63NO4. The molecule has 5 nitrogen and oxygen atoms in total. The Bertz CT molecular complexity index is 925. The number of nitrogens with two attached hydrogens (primary N) is 1. The number of hydrogen-bond donors (Lipinski definition) is 5. The third-order valence-electron chi connectivity index (χ3n) is 15.5. The molecule has 232 valence electrons. The molecule has 0 aromatic carbocycles. The average Bonchev–Trinajstić information content (AvgIpc) is 3.24. The van der Waals surface area contributed by atoms with Gasteiger partial charge in [0, 0.05) is 6.54 Å². The average molecular weight is 562 g/mol. The first-order valence-corrected chi connectivity index (χ1v) is 17.0. The molecule has 0 amide bonds. The minimum absolute atomic E-state index is 0.138. The highest BCUT2D eigenvalue weighted by Crippen LogP contribution is 2.78. The van der Waals surface area contributed by atoms with Crippen molar-refractivity contribution in [2.45, 2.75) is 150 Å². The molecule has 0 spiro atoms. The van der Waals surface area contributed by atoms with E-state index in [1.807, 2.05) is 0 Å². The van der Waals surface area contributed by atoms with E-state index in [1.54, 1.807) is 0 Å². The van der Waals surface area contributed by atoms with Crippen LogP contribution in [0.3, 0.4) is 0 Å². The molecule has 14 atom stereocenters. The third kappa shape index (κ3) is 4.41. The number of rotatable bonds is 7. The first-order chi connectivity index (χ1) is 18.6. The second-order valence-electron chi connectivity index (χ2n) is 17.4. The van der Waals surface area contributed by atoms with Gasteiger partial charge in [-0.25, -0.2) is 0 Å². The minimum Gasteiger partial charge on any atom is -0.390 e. The summed E-state index contributed by atoms with van der Waals surface area (Å²) < 4.78 is 0. The molecule has 0 saturated heterocycles. The maximum atomic E-state index is 10.8. The van der Waals surface area contributed by atoms with E-state index in [2.05, 4.69) is 48.5 Å². The van der Waals surface area contributed by atoms with Crippen LogP contribution in [0, 0.1) is 62.6 Å². The Morgan fingerprint density at radius 2 is 1.23 bits per heavy atom. The Labute approximate surface area is 245 Å². The lowest BCUT2D eigenvalue weighted by molar-refractivity contribution is -0.241. The molecule has 5 saturated carbocycles. The standard InChI is InChI=1S/C35H63NO4/c1-21(19-24(37)29(39)30(40)25(38)20-36)22-11-16-32(4)23(22)12-17-34(6)27(32)9-10-28-33(5)15-8-14-31(2,3)26(33)13-18-35(28,34)7/h21-30,37-40H,8-20,36H2,1-7H3/t21-,22+,23+,24-,25+,26+,27-,28-,29-,30+,32-,33-,34-,35-/m1/s1. The van der Waals surface area contributed by atoms with Crippen molar-refractivity contribution in [3.63, 3.8) is 0 Å². The van der Waals surface area contributed by atoms with E-state index in [9.17, 15) is 20.4 Å². The lowest BCUT2D eigenvalue weighted by atomic mass is 9.32. The maximum absolute atomic E-state index is 10.8. The lowest BCUT2D eigenvalue weighted by Crippen LogP contribution is -2.65. The Morgan fingerprint density at radius 1 is 0.650 bits per heavy atom. The highest BCUT2D eigenvalue weighted by Gasteiger charge is 2.70. The maximum Gasteiger partial charge on any atom is 0.109 e. The number of hydrogen-bond acceptors (Lipinski definition) is 5. The Kier molecular flexibility index (Phi) is 8.17. The quantitative estimate of drug-likeness (QED) is 0.266. The van der Waals surface area contributed by atoms with Crippen molar-refractivity contribution in [2.24, 2.45) is 68.3 Å². The van der Waals surface area contributed by atoms with E-state index in [0.29, 0.717) is 45.3 Å². The van der Waals surface area contributed by atoms with Crippen molar-refractivity contribution < 1.29 is 20.4 Å². The largest absolute Gasteiger partial charge is 0.390 e. The zero-order chi connectivity index (χ0) is 29.5. The summed E-state index contributed by atoms with van der Waals surface area (Å²) in [5.41, 5.74) is 7.54. The van der Waals surface area contributed by atoms with Gasteiger partial charge in [0.15, 0.2) is 0 Å². The summed E-state index contributed by atoms with van der Waals surface area (Å²) in [5.74, 6) is 3.90. The Balaban J connectivity index is 1.34. The molecule has 0 heterocycles. The van der Waals surface area contributed by atoms with Crippen molar-refractivity contribution in [1.29, 1.82) is 0 Å². The van der Waals surface area contributed by atoms with Crippen molar-refractivity contribution in [3.8, 4) is 0 Å². The SMILES string of the molecule is C[C@H](C[C@@H](O)[C@@H](O)[C@@H](O)[C@@H](O)CN)[C@@H]1CC[C@@]2(C)[C@H]3CC[C@@H]4[C@]5(C)CCCC(C)(C)[C@@H]5CC[C@@]4(C)[C@]3(C)CC[C@@H]12. The molecule has 5 heteroatoms. The predicted octanol–water partition coefficient (Wildman–Crippen LogP) is 5.91. The van der Waals surface area contributed by atoms with Gasteiger partial charge >= 0.3 is 0 Å². The van der Waals surface area contributed by atoms with E-state index >= 15 is 0 Å². The molecule has 0 unspecified atom stereocenters. The fourth-order valence-electron chi connectivity index (χ4n) is 13.3. The Morgan fingerprint density at radius 3 is 1.85 bits per heavy atom. The van der Waals surface area contributed by atoms with Gasteiger partial charge in [-0.1, -0.05) is 54.9 Å². The van der Waals surface area contributed by atoms with Gasteiger partial charge in [0.2, 0.25) is 0 Å². The summed E-state index contributed by atoms with van der Waals surface area (Å²) >= 11 is 0. The van der Waals surface area contributed by atoms with Crippen LogP contribution in [-0.2, 0) is 0 Å². The van der Waals surface area contributed by atoms with Gasteiger partial charge in [0.25, 0.3) is 0 Å². The van der Waals surface area contributed by atoms with E-state index in [1.165, 1.54) is 70.6 Å². The molecule has 5 rings (SSSR count). The molecule has 0 aliphatic heterocycles. The molecule has 0 aromatic rings. The molecule has 0 radical (unpaired) electrons. The van der Waals surface area contributed by atoms with Gasteiger partial charge in [-0.15, -0.1) is 0 Å². The summed E-state index contributed by atoms with van der Waals surface area (Å²) in [6.07, 6.45) is 10.2. The molecule has 5 aliphatic carbocycles. The van der Waals surface area contributed by atoms with Crippen LogP contribution in [0.25, 0.3) is 0 Å². The van der Waals surface area contributed by atoms with E-state index in [4.69, 9.17) is 5.73 Å². The van der Waals surface area contributed by atoms with Gasteiger partial charge in [-0.05, 0) is 133 Å². The molecule has 5 fully saturated rings. The summed E-state index contributed by atoms with van der Waals surface area (Å²) in [5, 5.41) is 41.4. The van der Waals surface area contributed by atoms with Gasteiger partial charge in [0.1, 0.15) is 12.2 Å². The smallest absolute Gasteiger partial charge is 0.109 e. The minimum atomic E-state index is -1.42. The summed E-state index contributed by atoms with van der Waals surface area (Å²) in [6.45, 7) is 18.0. The fraction of sp³-hybridized carbons (Fsp3) is 1.00. The van der Waals surface area contributed by atoms with Crippen LogP contribution in [-0.4, -0.2) is 51.4 Å². The van der Waals surface area contributed by atoms with Gasteiger partial charge < -0.3 is 26.2 Å². The summed E-state index contributed by atoms with van der Waals surface area (Å²) in [7, 11) is 0. The summed E-state index contributed by atoms with van der Waals surface area (Å²) in [6, 6.07) is 0. The number of aliphatic hydroxyl groups excluding tert-OH is 4. The monoisotopic (exact) mass is 561 g/mol. The first-order valence-electron chi connectivity index (χ1n) is 17.0. The highest BCUT2D eigenvalue weighted by atomic mass is 16.4. The van der Waals surface area contributed by atoms with Gasteiger partial charge in [-0.2, -0.15) is 0 Å². The highest BCUT2D eigenvalue weighted by molar-refractivity contribution is 5.19. The zero-order valence-corrected chi connectivity index (χ0v) is 26.8. The molecule has 5 aliphatic rings. The topological polar surface area (TPSA) is 107 Å². The van der Waals surface area contributed by atoms with Crippen LogP contribution in [0.1, 0.15) is 126 Å². The van der Waals surface area contributed by atoms with E-state index < -0.39 is 24.4 Å². The van der Waals surface area contributed by atoms with Crippen LogP contribution in [0.2, 0.25) is 0 Å². The van der Waals surface area contributed by atoms with Crippen LogP contribution >= 0.6 is 0 Å². The second-order valence-corrected chi connectivity index (χ2v) is 17.4. The zero-order valence-electron chi connectivity index (χ0n) is 26.8. The van der Waals surface area contributed by atoms with Crippen LogP contribution in [0.15, 0.2) is 0 Å². The van der Waals surface area contributed by atoms with Crippen molar-refractivity contribution >= 4 is 0 Å². The van der Waals surface area contributed by atoms with Crippen LogP contribution in [0.4, 0.5) is 0 Å². The Hall–Kier alpha value is -0.200. The number of aliphatic hydroxyl groups is 4. The van der Waals surface area contributed by atoms with Crippen molar-refractivity contribution in [3.05, 3.63) is 0 Å². The third-order valence-corrected chi connectivity index (χ3v) is 15.5. The predicted molar refractivity (Wildman–Crippen MR) is 161 cm³/mol. The van der Waals surface area contributed by atoms with E-state index in [0.717, 1.165) is 17.8 Å². The number of fused-ring (bicyclic) bond motifs is 7. The van der Waals surface area contributed by atoms with Crippen LogP contribution < -0.4 is 5.73 Å². The first kappa shape index (κ1) is 31.2. The molecule has 40 heavy (non-hydrogen) atoms. The van der Waals surface area contributed by atoms with Gasteiger partial charge in [-0.3, -0.25) is 0 Å².